The molecular formula is C40H26N2. The molecule has 0 amide bonds. The third-order valence-corrected chi connectivity index (χ3v) is 8.70. The zero-order valence-corrected chi connectivity index (χ0v) is 22.9. The van der Waals surface area contributed by atoms with Crippen molar-refractivity contribution < 1.29 is 0 Å². The van der Waals surface area contributed by atoms with Crippen LogP contribution in [0, 0.1) is 0 Å². The Balaban J connectivity index is 1.36. The summed E-state index contributed by atoms with van der Waals surface area (Å²) in [5.41, 5.74) is 8.49. The van der Waals surface area contributed by atoms with E-state index < -0.39 is 0 Å². The maximum absolute atomic E-state index is 2.46. The summed E-state index contributed by atoms with van der Waals surface area (Å²) in [5, 5.41) is 8.85. The average Bonchev–Trinajstić information content (AvgIpc) is 3.64. The quantitative estimate of drug-likeness (QED) is 0.200. The number of hydrogen-bond acceptors (Lipinski definition) is 0. The van der Waals surface area contributed by atoms with Gasteiger partial charge in [-0.1, -0.05) is 103 Å². The molecule has 2 heterocycles. The Morgan fingerprint density at radius 3 is 1.83 bits per heavy atom. The van der Waals surface area contributed by atoms with Gasteiger partial charge in [0.1, 0.15) is 0 Å². The van der Waals surface area contributed by atoms with Gasteiger partial charge in [0.2, 0.25) is 0 Å². The number of benzene rings is 7. The van der Waals surface area contributed by atoms with Crippen molar-refractivity contribution in [1.82, 2.24) is 9.13 Å². The van der Waals surface area contributed by atoms with Crippen LogP contribution in [0.5, 0.6) is 0 Å². The molecule has 0 unspecified atom stereocenters. The zero-order chi connectivity index (χ0) is 27.6. The third kappa shape index (κ3) is 3.33. The minimum atomic E-state index is 1.16. The summed E-state index contributed by atoms with van der Waals surface area (Å²) < 4.78 is 4.74. The molecule has 0 fully saturated rings. The molecule has 42 heavy (non-hydrogen) atoms. The molecule has 9 aromatic rings. The maximum atomic E-state index is 2.46. The topological polar surface area (TPSA) is 9.86 Å². The lowest BCUT2D eigenvalue weighted by Gasteiger charge is -2.15. The number of rotatable bonds is 3. The van der Waals surface area contributed by atoms with Crippen molar-refractivity contribution in [2.45, 2.75) is 0 Å². The highest BCUT2D eigenvalue weighted by atomic mass is 15.0. The van der Waals surface area contributed by atoms with Crippen molar-refractivity contribution in [3.05, 3.63) is 158 Å². The van der Waals surface area contributed by atoms with Gasteiger partial charge in [-0.3, -0.25) is 0 Å². The highest BCUT2D eigenvalue weighted by molar-refractivity contribution is 6.19. The summed E-state index contributed by atoms with van der Waals surface area (Å²) in [6, 6.07) is 55.0. The van der Waals surface area contributed by atoms with Gasteiger partial charge in [-0.15, -0.1) is 0 Å². The Morgan fingerprint density at radius 2 is 1.05 bits per heavy atom. The Morgan fingerprint density at radius 1 is 0.381 bits per heavy atom. The van der Waals surface area contributed by atoms with Gasteiger partial charge in [-0.2, -0.15) is 0 Å². The van der Waals surface area contributed by atoms with Crippen LogP contribution < -0.4 is 0 Å². The summed E-state index contributed by atoms with van der Waals surface area (Å²) in [5.74, 6) is 0. The zero-order valence-electron chi connectivity index (χ0n) is 22.9. The second-order valence-electron chi connectivity index (χ2n) is 11.0. The maximum Gasteiger partial charge on any atom is 0.0635 e. The van der Waals surface area contributed by atoms with Crippen LogP contribution in [-0.2, 0) is 0 Å². The molecule has 7 aromatic carbocycles. The van der Waals surface area contributed by atoms with E-state index in [9.17, 15) is 0 Å². The number of hydrogen-bond donors (Lipinski definition) is 0. The smallest absolute Gasteiger partial charge is 0.0635 e. The van der Waals surface area contributed by atoms with Gasteiger partial charge in [0.05, 0.1) is 16.6 Å². The van der Waals surface area contributed by atoms with E-state index in [-0.39, 0.29) is 0 Å². The minimum absolute atomic E-state index is 1.16. The fourth-order valence-electron chi connectivity index (χ4n) is 6.88. The van der Waals surface area contributed by atoms with Crippen molar-refractivity contribution in [1.29, 1.82) is 0 Å². The van der Waals surface area contributed by atoms with Crippen LogP contribution in [-0.4, -0.2) is 9.13 Å². The molecule has 0 saturated carbocycles. The molecule has 0 saturated heterocycles. The van der Waals surface area contributed by atoms with E-state index in [0.717, 1.165) is 5.69 Å². The molecule has 196 valence electrons. The average molecular weight is 535 g/mol. The molecule has 0 bridgehead atoms. The van der Waals surface area contributed by atoms with E-state index in [2.05, 4.69) is 167 Å². The van der Waals surface area contributed by atoms with Gasteiger partial charge < -0.3 is 9.13 Å². The van der Waals surface area contributed by atoms with Crippen molar-refractivity contribution in [2.75, 3.05) is 0 Å². The van der Waals surface area contributed by atoms with Crippen LogP contribution in [0.25, 0.3) is 76.8 Å². The molecule has 0 aliphatic heterocycles. The molecule has 2 aromatic heterocycles. The summed E-state index contributed by atoms with van der Waals surface area (Å²) in [7, 11) is 0. The first-order valence-electron chi connectivity index (χ1n) is 14.5. The highest BCUT2D eigenvalue weighted by Gasteiger charge is 2.18. The Bertz CT molecular complexity index is 2400. The number of aromatic nitrogens is 2. The first kappa shape index (κ1) is 23.1. The second kappa shape index (κ2) is 8.95. The first-order chi connectivity index (χ1) is 20.8. The van der Waals surface area contributed by atoms with Crippen molar-refractivity contribution in [3.63, 3.8) is 0 Å². The van der Waals surface area contributed by atoms with Crippen LogP contribution in [0.4, 0.5) is 0 Å². The van der Waals surface area contributed by atoms with Crippen LogP contribution in [0.2, 0.25) is 0 Å². The molecule has 9 rings (SSSR count). The Kier molecular flexibility index (Phi) is 4.93. The normalized spacial score (nSPS) is 11.8. The Hall–Kier alpha value is -5.60. The van der Waals surface area contributed by atoms with Gasteiger partial charge in [-0.25, -0.2) is 0 Å². The van der Waals surface area contributed by atoms with E-state index in [0.29, 0.717) is 0 Å². The summed E-state index contributed by atoms with van der Waals surface area (Å²) in [6.07, 6.45) is 2.19. The van der Waals surface area contributed by atoms with Crippen LogP contribution in [0.1, 0.15) is 0 Å². The molecule has 0 aliphatic rings. The molecule has 0 spiro atoms. The molecular weight excluding hydrogens is 508 g/mol. The first-order valence-corrected chi connectivity index (χ1v) is 14.5. The molecule has 0 N–H and O–H groups in total. The van der Waals surface area contributed by atoms with Crippen molar-refractivity contribution in [2.24, 2.45) is 0 Å². The SMILES string of the molecule is c1ccc(-n2ccc3c2ccc2c4ccccc4n(-c4cccc(-c5c6ccccc6cc6ccccc56)c4)c23)cc1. The lowest BCUT2D eigenvalue weighted by molar-refractivity contribution is 1.13. The predicted molar refractivity (Wildman–Crippen MR) is 178 cm³/mol. The third-order valence-electron chi connectivity index (χ3n) is 8.70. The standard InChI is InChI=1S/C40H26N2/c1-2-14-30(15-3-1)41-24-23-36-37(41)22-21-35-34-19-8-9-20-38(34)42(40(35)36)31-16-10-13-29(26-31)39-32-17-6-4-11-27(32)25-28-12-5-7-18-33(28)39/h1-26H. The van der Waals surface area contributed by atoms with Gasteiger partial charge in [0, 0.05) is 33.7 Å². The lowest BCUT2D eigenvalue weighted by Crippen LogP contribution is -1.96. The number of para-hydroxylation sites is 2. The summed E-state index contributed by atoms with van der Waals surface area (Å²) in [6.45, 7) is 0. The van der Waals surface area contributed by atoms with E-state index in [1.54, 1.807) is 0 Å². The Labute approximate surface area is 243 Å². The van der Waals surface area contributed by atoms with Crippen LogP contribution in [0.3, 0.4) is 0 Å². The molecule has 0 atom stereocenters. The van der Waals surface area contributed by atoms with Crippen LogP contribution >= 0.6 is 0 Å². The fraction of sp³-hybridized carbons (Fsp3) is 0. The fourth-order valence-corrected chi connectivity index (χ4v) is 6.88. The second-order valence-corrected chi connectivity index (χ2v) is 11.0. The van der Waals surface area contributed by atoms with Gasteiger partial charge in [0.15, 0.2) is 0 Å². The van der Waals surface area contributed by atoms with Crippen molar-refractivity contribution in [3.8, 4) is 22.5 Å². The summed E-state index contributed by atoms with van der Waals surface area (Å²) in [4.78, 5) is 0. The monoisotopic (exact) mass is 534 g/mol. The number of nitrogens with zero attached hydrogens (tertiary/aromatic N) is 2. The predicted octanol–water partition coefficient (Wildman–Crippen LogP) is 10.7. The molecule has 0 radical (unpaired) electrons. The summed E-state index contributed by atoms with van der Waals surface area (Å²) >= 11 is 0. The van der Waals surface area contributed by atoms with E-state index >= 15 is 0 Å². The molecule has 0 aliphatic carbocycles. The largest absolute Gasteiger partial charge is 0.316 e. The van der Waals surface area contributed by atoms with Gasteiger partial charge in [0.25, 0.3) is 0 Å². The number of fused-ring (bicyclic) bond motifs is 7. The molecule has 2 nitrogen and oxygen atoms in total. The van der Waals surface area contributed by atoms with E-state index in [1.165, 1.54) is 71.1 Å². The minimum Gasteiger partial charge on any atom is -0.316 e. The van der Waals surface area contributed by atoms with Crippen molar-refractivity contribution >= 4 is 54.3 Å². The van der Waals surface area contributed by atoms with E-state index in [1.807, 2.05) is 0 Å². The lowest BCUT2D eigenvalue weighted by atomic mass is 9.92. The van der Waals surface area contributed by atoms with Gasteiger partial charge in [-0.05, 0) is 81.2 Å². The van der Waals surface area contributed by atoms with Gasteiger partial charge >= 0.3 is 0 Å². The highest BCUT2D eigenvalue weighted by Crippen LogP contribution is 2.40. The van der Waals surface area contributed by atoms with Crippen LogP contribution in [0.15, 0.2) is 158 Å². The molecule has 2 heteroatoms. The van der Waals surface area contributed by atoms with E-state index in [4.69, 9.17) is 0 Å².